The summed E-state index contributed by atoms with van der Waals surface area (Å²) in [6.07, 6.45) is 0. The van der Waals surface area contributed by atoms with Crippen LogP contribution in [0.15, 0.2) is 76.6 Å². The predicted molar refractivity (Wildman–Crippen MR) is 119 cm³/mol. The highest BCUT2D eigenvalue weighted by Gasteiger charge is 2.20. The minimum atomic E-state index is -0.0366. The van der Waals surface area contributed by atoms with Gasteiger partial charge in [-0.2, -0.15) is 0 Å². The summed E-state index contributed by atoms with van der Waals surface area (Å²) >= 11 is 1.43. The van der Waals surface area contributed by atoms with E-state index in [1.54, 1.807) is 25.2 Å². The number of carbonyl (C=O) groups excluding carboxylic acids is 1. The Hall–Kier alpha value is -3.58. The molecule has 0 spiro atoms. The van der Waals surface area contributed by atoms with Crippen molar-refractivity contribution in [1.29, 1.82) is 0 Å². The lowest BCUT2D eigenvalue weighted by atomic mass is 10.1. The number of methoxy groups -OCH3 is 2. The molecule has 31 heavy (non-hydrogen) atoms. The minimum Gasteiger partial charge on any atom is -0.497 e. The number of thiophene rings is 1. The summed E-state index contributed by atoms with van der Waals surface area (Å²) in [5.74, 6) is 1.84. The molecule has 0 aliphatic rings. The fourth-order valence-corrected chi connectivity index (χ4v) is 3.96. The smallest absolute Gasteiger partial charge is 0.264 e. The summed E-state index contributed by atoms with van der Waals surface area (Å²) in [6, 6.07) is 20.9. The zero-order chi connectivity index (χ0) is 21.6. The van der Waals surface area contributed by atoms with Gasteiger partial charge in [0.2, 0.25) is 0 Å². The highest BCUT2D eigenvalue weighted by atomic mass is 32.1. The minimum absolute atomic E-state index is 0.0366. The van der Waals surface area contributed by atoms with Crippen molar-refractivity contribution in [2.75, 3.05) is 14.2 Å². The first kappa shape index (κ1) is 20.7. The summed E-state index contributed by atoms with van der Waals surface area (Å²) in [7, 11) is 3.20. The van der Waals surface area contributed by atoms with E-state index >= 15 is 0 Å². The monoisotopic (exact) mass is 434 g/mol. The van der Waals surface area contributed by atoms with Gasteiger partial charge in [0.25, 0.3) is 5.91 Å². The molecule has 0 radical (unpaired) electrons. The Balaban J connectivity index is 1.59. The van der Waals surface area contributed by atoms with Crippen molar-refractivity contribution in [3.8, 4) is 22.8 Å². The second-order valence-corrected chi connectivity index (χ2v) is 7.82. The SMILES string of the molecule is COc1ccc(-c2cc(CN(Cc3ccccc3)C(=O)c3cccs3)no2)c(OC)c1. The lowest BCUT2D eigenvalue weighted by Crippen LogP contribution is -2.29. The van der Waals surface area contributed by atoms with Crippen LogP contribution in [0, 0.1) is 0 Å². The Morgan fingerprint density at radius 2 is 1.84 bits per heavy atom. The van der Waals surface area contributed by atoms with Crippen molar-refractivity contribution in [2.45, 2.75) is 13.1 Å². The maximum atomic E-state index is 13.1. The number of carbonyl (C=O) groups is 1. The highest BCUT2D eigenvalue weighted by Crippen LogP contribution is 2.34. The van der Waals surface area contributed by atoms with Gasteiger partial charge in [0.15, 0.2) is 5.76 Å². The fourth-order valence-electron chi connectivity index (χ4n) is 3.27. The van der Waals surface area contributed by atoms with Crippen LogP contribution in [0.5, 0.6) is 11.5 Å². The van der Waals surface area contributed by atoms with Gasteiger partial charge in [0.05, 0.1) is 31.2 Å². The average Bonchev–Trinajstić information content (AvgIpc) is 3.51. The summed E-state index contributed by atoms with van der Waals surface area (Å²) in [4.78, 5) is 15.6. The first-order valence-electron chi connectivity index (χ1n) is 9.72. The molecule has 0 fully saturated rings. The summed E-state index contributed by atoms with van der Waals surface area (Å²) < 4.78 is 16.3. The molecule has 1 amide bonds. The Morgan fingerprint density at radius 3 is 2.55 bits per heavy atom. The first-order valence-corrected chi connectivity index (χ1v) is 10.6. The molecule has 0 saturated heterocycles. The Kier molecular flexibility index (Phi) is 6.33. The summed E-state index contributed by atoms with van der Waals surface area (Å²) in [6.45, 7) is 0.805. The van der Waals surface area contributed by atoms with Gasteiger partial charge in [0, 0.05) is 18.7 Å². The molecule has 4 rings (SSSR count). The topological polar surface area (TPSA) is 64.8 Å². The van der Waals surface area contributed by atoms with E-state index in [0.29, 0.717) is 40.9 Å². The van der Waals surface area contributed by atoms with E-state index in [9.17, 15) is 4.79 Å². The molecule has 0 bridgehead atoms. The van der Waals surface area contributed by atoms with Crippen LogP contribution in [0.3, 0.4) is 0 Å². The van der Waals surface area contributed by atoms with Gasteiger partial charge in [-0.15, -0.1) is 11.3 Å². The standard InChI is InChI=1S/C24H22N2O4S/c1-28-19-10-11-20(21(14-19)29-2)22-13-18(25-30-22)16-26(15-17-7-4-3-5-8-17)24(27)23-9-6-12-31-23/h3-14H,15-16H2,1-2H3. The molecular weight excluding hydrogens is 412 g/mol. The molecule has 0 saturated carbocycles. The molecule has 7 heteroatoms. The van der Waals surface area contributed by atoms with Crippen LogP contribution in [-0.4, -0.2) is 30.2 Å². The van der Waals surface area contributed by atoms with Gasteiger partial charge in [-0.25, -0.2) is 0 Å². The molecule has 6 nitrogen and oxygen atoms in total. The van der Waals surface area contributed by atoms with E-state index in [1.165, 1.54) is 11.3 Å². The number of hydrogen-bond donors (Lipinski definition) is 0. The number of ether oxygens (including phenoxy) is 2. The second-order valence-electron chi connectivity index (χ2n) is 6.87. The van der Waals surface area contributed by atoms with Crippen molar-refractivity contribution < 1.29 is 18.8 Å². The predicted octanol–water partition coefficient (Wildman–Crippen LogP) is 5.26. The van der Waals surface area contributed by atoms with Crippen LogP contribution in [0.2, 0.25) is 0 Å². The molecular formula is C24H22N2O4S. The summed E-state index contributed by atoms with van der Waals surface area (Å²) in [5, 5.41) is 6.10. The first-order chi connectivity index (χ1) is 15.2. The quantitative estimate of drug-likeness (QED) is 0.378. The maximum absolute atomic E-state index is 13.1. The molecule has 2 heterocycles. The van der Waals surface area contributed by atoms with Crippen molar-refractivity contribution in [3.63, 3.8) is 0 Å². The number of amides is 1. The molecule has 2 aromatic heterocycles. The van der Waals surface area contributed by atoms with E-state index in [0.717, 1.165) is 11.1 Å². The third-order valence-corrected chi connectivity index (χ3v) is 5.68. The number of rotatable bonds is 8. The largest absolute Gasteiger partial charge is 0.497 e. The Morgan fingerprint density at radius 1 is 1.00 bits per heavy atom. The van der Waals surface area contributed by atoms with E-state index in [2.05, 4.69) is 5.16 Å². The molecule has 0 unspecified atom stereocenters. The second kappa shape index (κ2) is 9.49. The van der Waals surface area contributed by atoms with Crippen LogP contribution in [0.1, 0.15) is 20.9 Å². The molecule has 2 aromatic carbocycles. The van der Waals surface area contributed by atoms with Crippen molar-refractivity contribution in [2.24, 2.45) is 0 Å². The third-order valence-electron chi connectivity index (χ3n) is 4.82. The van der Waals surface area contributed by atoms with Crippen LogP contribution in [-0.2, 0) is 13.1 Å². The number of aromatic nitrogens is 1. The zero-order valence-electron chi connectivity index (χ0n) is 17.3. The Bertz CT molecular complexity index is 1140. The van der Waals surface area contributed by atoms with Gasteiger partial charge < -0.3 is 18.9 Å². The van der Waals surface area contributed by atoms with E-state index < -0.39 is 0 Å². The van der Waals surface area contributed by atoms with Gasteiger partial charge in [-0.05, 0) is 29.1 Å². The van der Waals surface area contributed by atoms with E-state index in [4.69, 9.17) is 14.0 Å². The maximum Gasteiger partial charge on any atom is 0.264 e. The Labute approximate surface area is 184 Å². The van der Waals surface area contributed by atoms with E-state index in [1.807, 2.05) is 66.0 Å². The van der Waals surface area contributed by atoms with E-state index in [-0.39, 0.29) is 5.91 Å². The van der Waals surface area contributed by atoms with Crippen molar-refractivity contribution in [3.05, 3.63) is 88.2 Å². The molecule has 158 valence electrons. The van der Waals surface area contributed by atoms with Gasteiger partial charge in [-0.1, -0.05) is 41.6 Å². The lowest BCUT2D eigenvalue weighted by Gasteiger charge is -2.21. The molecule has 4 aromatic rings. The highest BCUT2D eigenvalue weighted by molar-refractivity contribution is 7.12. The van der Waals surface area contributed by atoms with Crippen LogP contribution in [0.4, 0.5) is 0 Å². The van der Waals surface area contributed by atoms with Gasteiger partial charge >= 0.3 is 0 Å². The summed E-state index contributed by atoms with van der Waals surface area (Å²) in [5.41, 5.74) is 2.47. The van der Waals surface area contributed by atoms with Gasteiger partial charge in [0.1, 0.15) is 17.2 Å². The van der Waals surface area contributed by atoms with Crippen molar-refractivity contribution in [1.82, 2.24) is 10.1 Å². The lowest BCUT2D eigenvalue weighted by molar-refractivity contribution is 0.0731. The molecule has 0 aliphatic carbocycles. The normalized spacial score (nSPS) is 10.6. The van der Waals surface area contributed by atoms with Crippen LogP contribution < -0.4 is 9.47 Å². The van der Waals surface area contributed by atoms with Crippen molar-refractivity contribution >= 4 is 17.2 Å². The van der Waals surface area contributed by atoms with Crippen LogP contribution in [0.25, 0.3) is 11.3 Å². The average molecular weight is 435 g/mol. The number of nitrogens with zero attached hydrogens (tertiary/aromatic N) is 2. The third kappa shape index (κ3) is 4.78. The number of hydrogen-bond acceptors (Lipinski definition) is 6. The molecule has 0 N–H and O–H groups in total. The van der Waals surface area contributed by atoms with Gasteiger partial charge in [-0.3, -0.25) is 4.79 Å². The zero-order valence-corrected chi connectivity index (χ0v) is 18.1. The fraction of sp³-hybridized carbons (Fsp3) is 0.167. The molecule has 0 atom stereocenters. The molecule has 0 aliphatic heterocycles. The van der Waals surface area contributed by atoms with Crippen LogP contribution >= 0.6 is 11.3 Å². The number of benzene rings is 2.